The van der Waals surface area contributed by atoms with Crippen LogP contribution in [0.15, 0.2) is 0 Å². The number of likely N-dealkylation sites (tertiary alicyclic amines) is 1. The first-order chi connectivity index (χ1) is 24.8. The standard InChI is InChI=1S/C37H59N5O7S3/c1-3-12-26(29(43)32(45)38-25-14-15-25)39-31(44)27-23-37(50-20-11-21-51-37)24-42(27)33(46)30(35(2)16-6-4-7-17-35)40-34(47)41-36(18-8-5-9-19-36)28-13-10-22-52(28,48)49/h25-28,30H,3-24H2,1-2H3,(H,38,45)(H,39,44)(H2,40,41,47)/t26-,27+,28-,30-/m1/s1. The third-order valence-electron chi connectivity index (χ3n) is 12.5. The van der Waals surface area contributed by atoms with E-state index >= 15 is 4.79 Å². The van der Waals surface area contributed by atoms with Crippen LogP contribution in [0.3, 0.4) is 0 Å². The molecule has 292 valence electrons. The van der Waals surface area contributed by atoms with E-state index in [2.05, 4.69) is 21.3 Å². The van der Waals surface area contributed by atoms with Crippen LogP contribution < -0.4 is 21.3 Å². The molecule has 52 heavy (non-hydrogen) atoms. The molecule has 3 saturated heterocycles. The number of hydrogen-bond donors (Lipinski definition) is 4. The molecule has 0 radical (unpaired) electrons. The number of hydrogen-bond acceptors (Lipinski definition) is 9. The summed E-state index contributed by atoms with van der Waals surface area (Å²) >= 11 is 3.54. The summed E-state index contributed by atoms with van der Waals surface area (Å²) in [7, 11) is -3.36. The maximum atomic E-state index is 15.1. The molecular weight excluding hydrogens is 723 g/mol. The molecule has 6 aliphatic rings. The Kier molecular flexibility index (Phi) is 12.5. The van der Waals surface area contributed by atoms with E-state index in [1.54, 1.807) is 28.4 Å². The van der Waals surface area contributed by atoms with Crippen LogP contribution in [0.2, 0.25) is 0 Å². The Labute approximate surface area is 317 Å². The summed E-state index contributed by atoms with van der Waals surface area (Å²) in [5.74, 6) is -0.163. The molecule has 0 aromatic rings. The topological polar surface area (TPSA) is 171 Å². The first-order valence-electron chi connectivity index (χ1n) is 19.8. The maximum absolute atomic E-state index is 15.1. The molecule has 3 saturated carbocycles. The molecule has 6 fully saturated rings. The number of sulfone groups is 1. The highest BCUT2D eigenvalue weighted by Gasteiger charge is 2.55. The summed E-state index contributed by atoms with van der Waals surface area (Å²) in [6, 6.07) is -3.32. The minimum Gasteiger partial charge on any atom is -0.347 e. The fourth-order valence-corrected chi connectivity index (χ4v) is 15.2. The van der Waals surface area contributed by atoms with Crippen LogP contribution in [0.5, 0.6) is 0 Å². The van der Waals surface area contributed by atoms with E-state index < -0.39 is 71.9 Å². The smallest absolute Gasteiger partial charge is 0.315 e. The van der Waals surface area contributed by atoms with Crippen LogP contribution in [0.1, 0.15) is 129 Å². The predicted molar refractivity (Wildman–Crippen MR) is 205 cm³/mol. The molecule has 4 N–H and O–H groups in total. The fourth-order valence-electron chi connectivity index (χ4n) is 9.46. The molecule has 3 aliphatic heterocycles. The number of urea groups is 1. The quantitative estimate of drug-likeness (QED) is 0.212. The molecule has 0 aromatic heterocycles. The highest BCUT2D eigenvalue weighted by atomic mass is 32.2. The van der Waals surface area contributed by atoms with Crippen LogP contribution in [0.25, 0.3) is 0 Å². The lowest BCUT2D eigenvalue weighted by molar-refractivity contribution is -0.144. The Balaban J connectivity index is 1.26. The third kappa shape index (κ3) is 8.76. The van der Waals surface area contributed by atoms with Gasteiger partial charge in [-0.05, 0) is 81.1 Å². The molecule has 3 aliphatic carbocycles. The van der Waals surface area contributed by atoms with Gasteiger partial charge in [0.25, 0.3) is 5.91 Å². The normalized spacial score (nSPS) is 28.7. The molecular formula is C37H59N5O7S3. The second-order valence-corrected chi connectivity index (χ2v) is 22.1. The van der Waals surface area contributed by atoms with Crippen molar-refractivity contribution in [3.63, 3.8) is 0 Å². The van der Waals surface area contributed by atoms with E-state index in [1.807, 2.05) is 13.8 Å². The Morgan fingerprint density at radius 2 is 1.50 bits per heavy atom. The molecule has 12 nitrogen and oxygen atoms in total. The van der Waals surface area contributed by atoms with Crippen LogP contribution >= 0.6 is 23.5 Å². The molecule has 0 bridgehead atoms. The highest BCUT2D eigenvalue weighted by molar-refractivity contribution is 8.18. The summed E-state index contributed by atoms with van der Waals surface area (Å²) in [6.07, 6.45) is 13.3. The second-order valence-electron chi connectivity index (χ2n) is 16.6. The van der Waals surface area contributed by atoms with Crippen molar-refractivity contribution >= 4 is 62.9 Å². The Morgan fingerprint density at radius 3 is 2.10 bits per heavy atom. The number of nitrogens with one attached hydrogen (secondary N) is 4. The predicted octanol–water partition coefficient (Wildman–Crippen LogP) is 4.20. The summed E-state index contributed by atoms with van der Waals surface area (Å²) in [5.41, 5.74) is -1.45. The van der Waals surface area contributed by atoms with Gasteiger partial charge in [-0.1, -0.05) is 58.8 Å². The van der Waals surface area contributed by atoms with Crippen molar-refractivity contribution in [2.45, 2.75) is 168 Å². The lowest BCUT2D eigenvalue weighted by atomic mass is 9.70. The molecule has 0 aromatic carbocycles. The Bertz CT molecular complexity index is 1470. The zero-order valence-electron chi connectivity index (χ0n) is 31.0. The number of Topliss-reactive ketones (excluding diaryl/α,β-unsaturated/α-hetero) is 1. The van der Waals surface area contributed by atoms with Crippen molar-refractivity contribution in [1.29, 1.82) is 0 Å². The van der Waals surface area contributed by atoms with E-state index in [0.29, 0.717) is 51.5 Å². The second kappa shape index (κ2) is 16.4. The van der Waals surface area contributed by atoms with Gasteiger partial charge in [0.2, 0.25) is 17.6 Å². The summed E-state index contributed by atoms with van der Waals surface area (Å²) in [4.78, 5) is 71.2. The van der Waals surface area contributed by atoms with E-state index in [0.717, 1.165) is 82.1 Å². The van der Waals surface area contributed by atoms with E-state index in [-0.39, 0.29) is 17.7 Å². The third-order valence-corrected chi connectivity index (χ3v) is 18.3. The van der Waals surface area contributed by atoms with Gasteiger partial charge in [-0.15, -0.1) is 23.5 Å². The van der Waals surface area contributed by atoms with E-state index in [1.165, 1.54) is 0 Å². The number of thioether (sulfide) groups is 2. The first kappa shape index (κ1) is 39.7. The molecule has 1 spiro atoms. The first-order valence-corrected chi connectivity index (χ1v) is 23.5. The Hall–Kier alpha value is -2.00. The van der Waals surface area contributed by atoms with Crippen molar-refractivity contribution in [3.05, 3.63) is 0 Å². The number of amides is 5. The zero-order valence-corrected chi connectivity index (χ0v) is 33.4. The van der Waals surface area contributed by atoms with Crippen LogP contribution in [0, 0.1) is 5.41 Å². The largest absolute Gasteiger partial charge is 0.347 e. The summed E-state index contributed by atoms with van der Waals surface area (Å²) < 4.78 is 26.1. The lowest BCUT2D eigenvalue weighted by Crippen LogP contribution is -2.65. The van der Waals surface area contributed by atoms with Gasteiger partial charge in [0.05, 0.1) is 26.7 Å². The average molecular weight is 782 g/mol. The van der Waals surface area contributed by atoms with Gasteiger partial charge in [-0.3, -0.25) is 19.2 Å². The van der Waals surface area contributed by atoms with Gasteiger partial charge in [-0.2, -0.15) is 0 Å². The van der Waals surface area contributed by atoms with Gasteiger partial charge in [-0.25, -0.2) is 13.2 Å². The number of carbonyl (C=O) groups is 5. The Morgan fingerprint density at radius 1 is 0.846 bits per heavy atom. The van der Waals surface area contributed by atoms with E-state index in [4.69, 9.17) is 0 Å². The van der Waals surface area contributed by atoms with Gasteiger partial charge in [0.1, 0.15) is 12.1 Å². The lowest BCUT2D eigenvalue weighted by Gasteiger charge is -2.45. The van der Waals surface area contributed by atoms with Crippen molar-refractivity contribution in [1.82, 2.24) is 26.2 Å². The molecule has 0 unspecified atom stereocenters. The van der Waals surface area contributed by atoms with Crippen LogP contribution in [-0.2, 0) is 29.0 Å². The van der Waals surface area contributed by atoms with Crippen LogP contribution in [-0.4, -0.2) is 106 Å². The molecule has 3 heterocycles. The minimum absolute atomic E-state index is 0.0101. The number of nitrogens with zero attached hydrogens (tertiary/aromatic N) is 1. The molecule has 5 amide bonds. The molecule has 6 rings (SSSR count). The van der Waals surface area contributed by atoms with Gasteiger partial charge in [0.15, 0.2) is 9.84 Å². The van der Waals surface area contributed by atoms with Crippen molar-refractivity contribution < 1.29 is 32.4 Å². The minimum atomic E-state index is -3.36. The molecule has 15 heteroatoms. The number of rotatable bonds is 12. The van der Waals surface area contributed by atoms with Gasteiger partial charge >= 0.3 is 6.03 Å². The van der Waals surface area contributed by atoms with Crippen molar-refractivity contribution in [2.75, 3.05) is 23.8 Å². The molecule has 4 atom stereocenters. The van der Waals surface area contributed by atoms with Gasteiger partial charge in [0, 0.05) is 19.0 Å². The number of carbonyl (C=O) groups excluding carboxylic acids is 5. The van der Waals surface area contributed by atoms with E-state index in [9.17, 15) is 27.6 Å². The maximum Gasteiger partial charge on any atom is 0.315 e. The van der Waals surface area contributed by atoms with Crippen molar-refractivity contribution in [2.24, 2.45) is 5.41 Å². The zero-order chi connectivity index (χ0) is 37.1. The highest BCUT2D eigenvalue weighted by Crippen LogP contribution is 2.51. The monoisotopic (exact) mass is 781 g/mol. The summed E-state index contributed by atoms with van der Waals surface area (Å²) in [5, 5.41) is 11.3. The summed E-state index contributed by atoms with van der Waals surface area (Å²) in [6.45, 7) is 4.27. The fraction of sp³-hybridized carbons (Fsp3) is 0.865. The van der Waals surface area contributed by atoms with Gasteiger partial charge < -0.3 is 26.2 Å². The van der Waals surface area contributed by atoms with Crippen LogP contribution in [0.4, 0.5) is 4.79 Å². The SMILES string of the molecule is CCC[C@@H](NC(=O)[C@@H]1CC2(CN1C(=O)[C@@H](NC(=O)NC1([C@H]3CCCS3(=O)=O)CCCCC1)C1(C)CCCCC1)SCCCS2)C(=O)C(=O)NC1CC1. The average Bonchev–Trinajstić information content (AvgIpc) is 3.75. The van der Waals surface area contributed by atoms with Crippen molar-refractivity contribution in [3.8, 4) is 0 Å². The number of ketones is 1.